The third-order valence-corrected chi connectivity index (χ3v) is 4.55. The number of fused-ring (bicyclic) bond motifs is 1. The number of rotatable bonds is 4. The number of pyridine rings is 1. The number of aromatic nitrogens is 2. The smallest absolute Gasteiger partial charge is 0.264 e. The summed E-state index contributed by atoms with van der Waals surface area (Å²) in [5.74, 6) is 0.390. The number of benzene rings is 2. The van der Waals surface area contributed by atoms with Gasteiger partial charge in [0.1, 0.15) is 11.3 Å². The monoisotopic (exact) mass is 357 g/mol. The van der Waals surface area contributed by atoms with Crippen LogP contribution in [0.25, 0.3) is 10.9 Å². The number of hydrogen-bond donors (Lipinski definition) is 0. The van der Waals surface area contributed by atoms with Crippen LogP contribution in [0.3, 0.4) is 0 Å². The molecule has 0 aliphatic carbocycles. The van der Waals surface area contributed by atoms with Gasteiger partial charge in [-0.2, -0.15) is 0 Å². The van der Waals surface area contributed by atoms with E-state index in [0.29, 0.717) is 23.6 Å². The lowest BCUT2D eigenvalue weighted by atomic mass is 10.1. The summed E-state index contributed by atoms with van der Waals surface area (Å²) in [7, 11) is 0. The van der Waals surface area contributed by atoms with Gasteiger partial charge < -0.3 is 9.42 Å². The Morgan fingerprint density at radius 2 is 1.78 bits per heavy atom. The Morgan fingerprint density at radius 3 is 2.52 bits per heavy atom. The fraction of sp³-hybridized carbons (Fsp3) is 0.136. The zero-order valence-electron chi connectivity index (χ0n) is 15.2. The van der Waals surface area contributed by atoms with Crippen molar-refractivity contribution in [3.8, 4) is 0 Å². The van der Waals surface area contributed by atoms with Crippen molar-refractivity contribution in [3.63, 3.8) is 0 Å². The average Bonchev–Trinajstić information content (AvgIpc) is 3.04. The minimum absolute atomic E-state index is 0.134. The second kappa shape index (κ2) is 7.03. The first-order valence-corrected chi connectivity index (χ1v) is 8.77. The molecule has 27 heavy (non-hydrogen) atoms. The highest BCUT2D eigenvalue weighted by Gasteiger charge is 2.25. The van der Waals surface area contributed by atoms with Crippen molar-refractivity contribution in [2.24, 2.45) is 0 Å². The topological polar surface area (TPSA) is 59.2 Å². The lowest BCUT2D eigenvalue weighted by molar-refractivity contribution is 0.0983. The molecule has 1 amide bonds. The van der Waals surface area contributed by atoms with E-state index in [0.717, 1.165) is 22.2 Å². The molecular weight excluding hydrogens is 338 g/mol. The van der Waals surface area contributed by atoms with Gasteiger partial charge in [-0.15, -0.1) is 0 Å². The van der Waals surface area contributed by atoms with Gasteiger partial charge in [-0.25, -0.2) is 0 Å². The zero-order chi connectivity index (χ0) is 18.8. The minimum Gasteiger partial charge on any atom is -0.361 e. The molecule has 2 heterocycles. The number of carbonyl (C=O) groups excluding carboxylic acids is 1. The minimum atomic E-state index is -0.134. The van der Waals surface area contributed by atoms with Gasteiger partial charge in [0, 0.05) is 17.3 Å². The second-order valence-electron chi connectivity index (χ2n) is 6.46. The fourth-order valence-corrected chi connectivity index (χ4v) is 3.20. The number of amides is 1. The Bertz CT molecular complexity index is 1080. The molecule has 4 aromatic rings. The van der Waals surface area contributed by atoms with Crippen molar-refractivity contribution in [1.29, 1.82) is 0 Å². The molecule has 0 spiro atoms. The van der Waals surface area contributed by atoms with Crippen molar-refractivity contribution < 1.29 is 9.32 Å². The Kier molecular flexibility index (Phi) is 4.42. The number of hydrogen-bond acceptors (Lipinski definition) is 4. The van der Waals surface area contributed by atoms with Crippen LogP contribution in [0.5, 0.6) is 0 Å². The molecule has 0 bridgehead atoms. The number of anilines is 1. The first-order chi connectivity index (χ1) is 13.1. The van der Waals surface area contributed by atoms with Crippen molar-refractivity contribution in [1.82, 2.24) is 10.1 Å². The third kappa shape index (κ3) is 3.31. The zero-order valence-corrected chi connectivity index (χ0v) is 15.2. The molecule has 134 valence electrons. The van der Waals surface area contributed by atoms with Crippen LogP contribution in [0.15, 0.2) is 71.4 Å². The van der Waals surface area contributed by atoms with E-state index in [1.807, 2.05) is 60.8 Å². The van der Waals surface area contributed by atoms with Crippen LogP contribution < -0.4 is 4.90 Å². The van der Waals surface area contributed by atoms with Crippen molar-refractivity contribution in [2.45, 2.75) is 20.4 Å². The van der Waals surface area contributed by atoms with E-state index in [1.165, 1.54) is 0 Å². The van der Waals surface area contributed by atoms with Gasteiger partial charge in [0.15, 0.2) is 0 Å². The summed E-state index contributed by atoms with van der Waals surface area (Å²) in [4.78, 5) is 19.6. The highest BCUT2D eigenvalue weighted by Crippen LogP contribution is 2.24. The summed E-state index contributed by atoms with van der Waals surface area (Å²) >= 11 is 0. The van der Waals surface area contributed by atoms with Gasteiger partial charge in [-0.3, -0.25) is 9.78 Å². The van der Waals surface area contributed by atoms with E-state index in [-0.39, 0.29) is 5.91 Å². The molecule has 2 aromatic carbocycles. The SMILES string of the molecule is Cc1noc(C)c1C(=O)N(Cc1cnc2ccccc2c1)c1ccccc1. The van der Waals surface area contributed by atoms with Crippen LogP contribution >= 0.6 is 0 Å². The Morgan fingerprint density at radius 1 is 1.04 bits per heavy atom. The molecule has 0 radical (unpaired) electrons. The summed E-state index contributed by atoms with van der Waals surface area (Å²) in [6, 6.07) is 19.6. The molecular formula is C22H19N3O2. The first kappa shape index (κ1) is 17.0. The van der Waals surface area contributed by atoms with Gasteiger partial charge in [0.25, 0.3) is 5.91 Å². The lowest BCUT2D eigenvalue weighted by Gasteiger charge is -2.23. The van der Waals surface area contributed by atoms with Crippen LogP contribution in [0.2, 0.25) is 0 Å². The van der Waals surface area contributed by atoms with E-state index >= 15 is 0 Å². The molecule has 2 aromatic heterocycles. The molecule has 0 saturated carbocycles. The molecule has 0 unspecified atom stereocenters. The molecule has 0 atom stereocenters. The molecule has 5 nitrogen and oxygen atoms in total. The molecule has 4 rings (SSSR count). The van der Waals surface area contributed by atoms with Gasteiger partial charge >= 0.3 is 0 Å². The molecule has 0 aliphatic heterocycles. The van der Waals surface area contributed by atoms with Crippen molar-refractivity contribution >= 4 is 22.5 Å². The summed E-state index contributed by atoms with van der Waals surface area (Å²) < 4.78 is 5.20. The normalized spacial score (nSPS) is 10.9. The van der Waals surface area contributed by atoms with E-state index in [1.54, 1.807) is 18.7 Å². The summed E-state index contributed by atoms with van der Waals surface area (Å²) in [5, 5.41) is 4.98. The van der Waals surface area contributed by atoms with Crippen LogP contribution in [0, 0.1) is 13.8 Å². The van der Waals surface area contributed by atoms with Crippen molar-refractivity contribution in [3.05, 3.63) is 89.4 Å². The maximum Gasteiger partial charge on any atom is 0.264 e. The van der Waals surface area contributed by atoms with Gasteiger partial charge in [-0.05, 0) is 43.7 Å². The van der Waals surface area contributed by atoms with Crippen LogP contribution in [-0.4, -0.2) is 16.0 Å². The third-order valence-electron chi connectivity index (χ3n) is 4.55. The Hall–Kier alpha value is -3.47. The predicted octanol–water partition coefficient (Wildman–Crippen LogP) is 4.69. The van der Waals surface area contributed by atoms with E-state index in [2.05, 4.69) is 16.2 Å². The first-order valence-electron chi connectivity index (χ1n) is 8.77. The summed E-state index contributed by atoms with van der Waals surface area (Å²) in [5.41, 5.74) is 3.81. The molecule has 0 N–H and O–H groups in total. The molecule has 0 fully saturated rings. The number of aryl methyl sites for hydroxylation is 2. The van der Waals surface area contributed by atoms with Gasteiger partial charge in [-0.1, -0.05) is 41.6 Å². The molecule has 0 saturated heterocycles. The van der Waals surface area contributed by atoms with Crippen LogP contribution in [-0.2, 0) is 6.54 Å². The molecule has 0 aliphatic rings. The maximum absolute atomic E-state index is 13.3. The standard InChI is InChI=1S/C22H19N3O2/c1-15-21(16(2)27-24-15)22(26)25(19-9-4-3-5-10-19)14-17-12-18-8-6-7-11-20(18)23-13-17/h3-13H,14H2,1-2H3. The average molecular weight is 357 g/mol. The van der Waals surface area contributed by atoms with Crippen molar-refractivity contribution in [2.75, 3.05) is 4.90 Å². The predicted molar refractivity (Wildman–Crippen MR) is 105 cm³/mol. The number of nitrogens with zero attached hydrogens (tertiary/aromatic N) is 3. The summed E-state index contributed by atoms with van der Waals surface area (Å²) in [6.45, 7) is 3.95. The highest BCUT2D eigenvalue weighted by molar-refractivity contribution is 6.07. The second-order valence-corrected chi connectivity index (χ2v) is 6.46. The Balaban J connectivity index is 1.75. The Labute approximate surface area is 157 Å². The lowest BCUT2D eigenvalue weighted by Crippen LogP contribution is -2.31. The van der Waals surface area contributed by atoms with E-state index < -0.39 is 0 Å². The van der Waals surface area contributed by atoms with Crippen LogP contribution in [0.1, 0.15) is 27.4 Å². The fourth-order valence-electron chi connectivity index (χ4n) is 3.20. The van der Waals surface area contributed by atoms with Crippen LogP contribution in [0.4, 0.5) is 5.69 Å². The summed E-state index contributed by atoms with van der Waals surface area (Å²) in [6.07, 6.45) is 1.82. The van der Waals surface area contributed by atoms with Gasteiger partial charge in [0.05, 0.1) is 17.8 Å². The quantitative estimate of drug-likeness (QED) is 0.532. The maximum atomic E-state index is 13.3. The number of carbonyl (C=O) groups is 1. The van der Waals surface area contributed by atoms with Gasteiger partial charge in [0.2, 0.25) is 0 Å². The largest absolute Gasteiger partial charge is 0.361 e. The van der Waals surface area contributed by atoms with E-state index in [4.69, 9.17) is 4.52 Å². The number of para-hydroxylation sites is 2. The molecule has 5 heteroatoms. The highest BCUT2D eigenvalue weighted by atomic mass is 16.5. The van der Waals surface area contributed by atoms with E-state index in [9.17, 15) is 4.79 Å².